The molecule has 3 heteroatoms. The fourth-order valence-electron chi connectivity index (χ4n) is 3.63. The van der Waals surface area contributed by atoms with Crippen molar-refractivity contribution >= 4 is 5.69 Å². The molecule has 1 saturated heterocycles. The maximum absolute atomic E-state index is 5.77. The molecule has 110 valence electrons. The minimum atomic E-state index is 0.477. The molecule has 1 aromatic rings. The highest BCUT2D eigenvalue weighted by Gasteiger charge is 2.32. The summed E-state index contributed by atoms with van der Waals surface area (Å²) in [5.74, 6) is 0. The molecule has 1 fully saturated rings. The second kappa shape index (κ2) is 6.15. The van der Waals surface area contributed by atoms with Gasteiger partial charge in [0, 0.05) is 24.9 Å². The molecule has 0 radical (unpaired) electrons. The smallest absolute Gasteiger partial charge is 0.0685 e. The van der Waals surface area contributed by atoms with E-state index in [4.69, 9.17) is 4.74 Å². The van der Waals surface area contributed by atoms with Gasteiger partial charge in [0.2, 0.25) is 0 Å². The second-order valence-electron chi connectivity index (χ2n) is 6.02. The Bertz CT molecular complexity index is 458. The van der Waals surface area contributed by atoms with Crippen LogP contribution in [0.25, 0.3) is 0 Å². The van der Waals surface area contributed by atoms with E-state index in [-0.39, 0.29) is 0 Å². The average Bonchev–Trinajstić information content (AvgIpc) is 2.47. The van der Waals surface area contributed by atoms with E-state index >= 15 is 0 Å². The average molecular weight is 274 g/mol. The van der Waals surface area contributed by atoms with Crippen molar-refractivity contribution in [1.29, 1.82) is 0 Å². The summed E-state index contributed by atoms with van der Waals surface area (Å²) in [7, 11) is 0. The van der Waals surface area contributed by atoms with E-state index in [1.165, 1.54) is 29.7 Å². The lowest BCUT2D eigenvalue weighted by Crippen LogP contribution is -2.56. The summed E-state index contributed by atoms with van der Waals surface area (Å²) in [6.07, 6.45) is 3.59. The Hall–Kier alpha value is -1.06. The summed E-state index contributed by atoms with van der Waals surface area (Å²) in [6.45, 7) is 8.32. The Morgan fingerprint density at radius 2 is 2.30 bits per heavy atom. The highest BCUT2D eigenvalue weighted by molar-refractivity contribution is 5.57. The summed E-state index contributed by atoms with van der Waals surface area (Å²) in [6, 6.07) is 7.93. The van der Waals surface area contributed by atoms with E-state index in [0.717, 1.165) is 32.7 Å². The highest BCUT2D eigenvalue weighted by Crippen LogP contribution is 2.31. The number of hydrogen-bond donors (Lipinski definition) is 1. The Morgan fingerprint density at radius 3 is 3.15 bits per heavy atom. The summed E-state index contributed by atoms with van der Waals surface area (Å²) in [5, 5.41) is 3.65. The number of ether oxygens (including phenoxy) is 1. The molecule has 1 N–H and O–H groups in total. The van der Waals surface area contributed by atoms with Gasteiger partial charge in [0.05, 0.1) is 12.6 Å². The summed E-state index contributed by atoms with van der Waals surface area (Å²) in [5.41, 5.74) is 4.31. The van der Waals surface area contributed by atoms with Crippen molar-refractivity contribution in [3.63, 3.8) is 0 Å². The molecule has 0 saturated carbocycles. The van der Waals surface area contributed by atoms with Crippen molar-refractivity contribution in [3.8, 4) is 0 Å². The molecule has 0 spiro atoms. The fraction of sp³-hybridized carbons (Fsp3) is 0.647. The van der Waals surface area contributed by atoms with Gasteiger partial charge in [0.25, 0.3) is 0 Å². The first-order valence-corrected chi connectivity index (χ1v) is 7.97. The van der Waals surface area contributed by atoms with Gasteiger partial charge in [-0.3, -0.25) is 0 Å². The van der Waals surface area contributed by atoms with Crippen molar-refractivity contribution in [2.24, 2.45) is 0 Å². The van der Waals surface area contributed by atoms with Crippen LogP contribution in [0, 0.1) is 6.92 Å². The van der Waals surface area contributed by atoms with Crippen LogP contribution in [0.4, 0.5) is 5.69 Å². The van der Waals surface area contributed by atoms with Gasteiger partial charge >= 0.3 is 0 Å². The Labute approximate surface area is 122 Å². The van der Waals surface area contributed by atoms with Gasteiger partial charge in [-0.15, -0.1) is 0 Å². The first kappa shape index (κ1) is 13.9. The molecule has 2 aliphatic rings. The van der Waals surface area contributed by atoms with Crippen molar-refractivity contribution in [3.05, 3.63) is 29.3 Å². The number of likely N-dealkylation sites (N-methyl/N-ethyl adjacent to an activating group) is 1. The van der Waals surface area contributed by atoms with Gasteiger partial charge in [0.15, 0.2) is 0 Å². The molecule has 2 atom stereocenters. The topological polar surface area (TPSA) is 24.5 Å². The van der Waals surface area contributed by atoms with Gasteiger partial charge in [-0.25, -0.2) is 0 Å². The zero-order chi connectivity index (χ0) is 13.9. The van der Waals surface area contributed by atoms with E-state index in [0.29, 0.717) is 12.1 Å². The lowest BCUT2D eigenvalue weighted by atomic mass is 9.94. The van der Waals surface area contributed by atoms with Gasteiger partial charge in [-0.2, -0.15) is 0 Å². The van der Waals surface area contributed by atoms with Crippen LogP contribution in [0.2, 0.25) is 0 Å². The van der Waals surface area contributed by atoms with Crippen LogP contribution in [-0.4, -0.2) is 38.4 Å². The van der Waals surface area contributed by atoms with Crippen LogP contribution in [0.1, 0.15) is 30.9 Å². The van der Waals surface area contributed by atoms with Gasteiger partial charge in [0.1, 0.15) is 0 Å². The van der Waals surface area contributed by atoms with Crippen molar-refractivity contribution in [2.75, 3.05) is 31.2 Å². The van der Waals surface area contributed by atoms with Crippen LogP contribution in [0.5, 0.6) is 0 Å². The molecular weight excluding hydrogens is 248 g/mol. The van der Waals surface area contributed by atoms with E-state index in [2.05, 4.69) is 42.3 Å². The summed E-state index contributed by atoms with van der Waals surface area (Å²) in [4.78, 5) is 2.59. The molecule has 2 heterocycles. The first-order chi connectivity index (χ1) is 9.79. The van der Waals surface area contributed by atoms with Gasteiger partial charge in [-0.1, -0.05) is 24.6 Å². The highest BCUT2D eigenvalue weighted by atomic mass is 16.5. The van der Waals surface area contributed by atoms with Crippen LogP contribution >= 0.6 is 0 Å². The van der Waals surface area contributed by atoms with E-state index in [9.17, 15) is 0 Å². The quantitative estimate of drug-likeness (QED) is 0.916. The van der Waals surface area contributed by atoms with Crippen LogP contribution in [0.3, 0.4) is 0 Å². The largest absolute Gasteiger partial charge is 0.379 e. The molecule has 20 heavy (non-hydrogen) atoms. The van der Waals surface area contributed by atoms with Gasteiger partial charge in [-0.05, 0) is 44.4 Å². The molecule has 0 aromatic heterocycles. The zero-order valence-electron chi connectivity index (χ0n) is 12.7. The predicted octanol–water partition coefficient (Wildman–Crippen LogP) is 2.51. The van der Waals surface area contributed by atoms with E-state index in [1.807, 2.05) is 0 Å². The third kappa shape index (κ3) is 2.70. The molecule has 0 amide bonds. The second-order valence-corrected chi connectivity index (χ2v) is 6.02. The molecule has 2 unspecified atom stereocenters. The molecule has 0 bridgehead atoms. The Morgan fingerprint density at radius 1 is 1.40 bits per heavy atom. The number of nitrogens with zero attached hydrogens (tertiary/aromatic N) is 1. The molecule has 3 nitrogen and oxygen atoms in total. The number of aryl methyl sites for hydroxylation is 2. The van der Waals surface area contributed by atoms with E-state index in [1.54, 1.807) is 0 Å². The van der Waals surface area contributed by atoms with Crippen molar-refractivity contribution in [1.82, 2.24) is 5.32 Å². The SMILES string of the molecule is CCNC1CCOCC1N1CCCc2cc(C)ccc21. The molecule has 0 aliphatic carbocycles. The number of benzene rings is 1. The van der Waals surface area contributed by atoms with Gasteiger partial charge < -0.3 is 15.0 Å². The van der Waals surface area contributed by atoms with Crippen LogP contribution in [0.15, 0.2) is 18.2 Å². The maximum Gasteiger partial charge on any atom is 0.0685 e. The van der Waals surface area contributed by atoms with Crippen molar-refractivity contribution < 1.29 is 4.74 Å². The molecule has 2 aliphatic heterocycles. The lowest BCUT2D eigenvalue weighted by molar-refractivity contribution is 0.0589. The third-order valence-electron chi connectivity index (χ3n) is 4.58. The monoisotopic (exact) mass is 274 g/mol. The lowest BCUT2D eigenvalue weighted by Gasteiger charge is -2.44. The number of anilines is 1. The standard InChI is InChI=1S/C17H26N2O/c1-3-18-15-8-10-20-12-17(15)19-9-4-5-14-11-13(2)6-7-16(14)19/h6-7,11,15,17-18H,3-5,8-10,12H2,1-2H3. The molecule has 3 rings (SSSR count). The minimum Gasteiger partial charge on any atom is -0.379 e. The normalized spacial score (nSPS) is 26.4. The number of fused-ring (bicyclic) bond motifs is 1. The number of nitrogens with one attached hydrogen (secondary N) is 1. The first-order valence-electron chi connectivity index (χ1n) is 7.97. The third-order valence-corrected chi connectivity index (χ3v) is 4.58. The number of hydrogen-bond acceptors (Lipinski definition) is 3. The Balaban J connectivity index is 1.86. The molecule has 1 aromatic carbocycles. The summed E-state index contributed by atoms with van der Waals surface area (Å²) >= 11 is 0. The van der Waals surface area contributed by atoms with Crippen molar-refractivity contribution in [2.45, 2.75) is 45.2 Å². The Kier molecular flexibility index (Phi) is 4.27. The minimum absolute atomic E-state index is 0.477. The van der Waals surface area contributed by atoms with Crippen LogP contribution < -0.4 is 10.2 Å². The number of rotatable bonds is 3. The maximum atomic E-state index is 5.77. The predicted molar refractivity (Wildman–Crippen MR) is 83.5 cm³/mol. The van der Waals surface area contributed by atoms with E-state index < -0.39 is 0 Å². The molecular formula is C17H26N2O. The fourth-order valence-corrected chi connectivity index (χ4v) is 3.63. The van der Waals surface area contributed by atoms with Crippen LogP contribution in [-0.2, 0) is 11.2 Å². The summed E-state index contributed by atoms with van der Waals surface area (Å²) < 4.78 is 5.77. The zero-order valence-corrected chi connectivity index (χ0v) is 12.7.